The zero-order chi connectivity index (χ0) is 41.1. The topological polar surface area (TPSA) is 312 Å². The van der Waals surface area contributed by atoms with Gasteiger partial charge in [0.15, 0.2) is 0 Å². The molecule has 0 amide bonds. The van der Waals surface area contributed by atoms with Gasteiger partial charge in [-0.1, -0.05) is 15.8 Å². The molecule has 29 heteroatoms. The zero-order valence-electron chi connectivity index (χ0n) is 34.1. The molecule has 21 nitrogen and oxygen atoms in total. The van der Waals surface area contributed by atoms with Gasteiger partial charge >= 0.3 is 88.7 Å². The van der Waals surface area contributed by atoms with Crippen LogP contribution in [-0.2, 0) is 30.4 Å². The van der Waals surface area contributed by atoms with Gasteiger partial charge in [0, 0.05) is 96.6 Å². The van der Waals surface area contributed by atoms with Crippen LogP contribution in [0.3, 0.4) is 0 Å². The van der Waals surface area contributed by atoms with Crippen molar-refractivity contribution < 1.29 is 158 Å². The fourth-order valence-electron chi connectivity index (χ4n) is 4.76. The second kappa shape index (κ2) is 39.7. The van der Waals surface area contributed by atoms with Crippen molar-refractivity contribution >= 4 is 46.2 Å². The summed E-state index contributed by atoms with van der Waals surface area (Å²) in [4.78, 5) is 10.9. The maximum Gasteiger partial charge on any atom is 1.00 e. The van der Waals surface area contributed by atoms with Gasteiger partial charge in [0.2, 0.25) is 0 Å². The summed E-state index contributed by atoms with van der Waals surface area (Å²) in [6, 6.07) is 0. The van der Waals surface area contributed by atoms with E-state index in [1.165, 1.54) is 0 Å². The summed E-state index contributed by atoms with van der Waals surface area (Å²) in [5.41, 5.74) is 0. The van der Waals surface area contributed by atoms with E-state index in [1.807, 2.05) is 14.7 Å². The first-order chi connectivity index (χ1) is 24.6. The quantitative estimate of drug-likeness (QED) is 0.0202. The fourth-order valence-corrected chi connectivity index (χ4v) is 11.9. The zero-order valence-corrected chi connectivity index (χ0v) is 44.4. The minimum atomic E-state index is -4.36. The van der Waals surface area contributed by atoms with Crippen molar-refractivity contribution in [2.75, 3.05) is 175 Å². The average Bonchev–Trinajstić information content (AvgIpc) is 3.02. The van der Waals surface area contributed by atoms with E-state index in [0.29, 0.717) is 77.0 Å². The smallest absolute Gasteiger partial charge is 0.748 e. The molecule has 0 fully saturated rings. The molecule has 0 radical (unpaired) electrons. The molecule has 322 valence electrons. The van der Waals surface area contributed by atoms with E-state index >= 15 is 0 Å². The average molecular weight is 939 g/mol. The van der Waals surface area contributed by atoms with Gasteiger partial charge in [-0.3, -0.25) is 14.7 Å². The van der Waals surface area contributed by atoms with Crippen LogP contribution in [0.4, 0.5) is 0 Å². The van der Waals surface area contributed by atoms with Crippen molar-refractivity contribution in [1.82, 2.24) is 29.4 Å². The van der Waals surface area contributed by atoms with Gasteiger partial charge in [-0.15, -0.1) is 0 Å². The first kappa shape index (κ1) is 68.2. The van der Waals surface area contributed by atoms with Crippen LogP contribution in [0.1, 0.15) is 0 Å². The number of aliphatic hydroxyl groups is 6. The molecule has 0 rings (SSSR count). The number of rotatable bonds is 33. The van der Waals surface area contributed by atoms with Crippen LogP contribution in [0, 0.1) is 0 Å². The van der Waals surface area contributed by atoms with Crippen LogP contribution in [0.2, 0.25) is 0 Å². The predicted molar refractivity (Wildman–Crippen MR) is 202 cm³/mol. The molecule has 0 heterocycles. The maximum absolute atomic E-state index is 10.8. The maximum atomic E-state index is 10.8. The summed E-state index contributed by atoms with van der Waals surface area (Å²) < 4.78 is 96.9. The third-order valence-electron chi connectivity index (χ3n) is 7.19. The number of nitrogens with zero attached hydrogens (tertiary/aromatic N) is 6. The Bertz CT molecular complexity index is 1080. The Morgan fingerprint density at radius 3 is 0.714 bits per heavy atom. The van der Waals surface area contributed by atoms with Crippen LogP contribution in [-0.4, -0.2) is 274 Å². The summed E-state index contributed by atoms with van der Waals surface area (Å²) in [5, 5.41) is 55.2. The first-order valence-electron chi connectivity index (χ1n) is 16.7. The molecule has 0 aliphatic heterocycles. The Hall–Kier alpha value is 3.11. The van der Waals surface area contributed by atoms with E-state index in [2.05, 4.69) is 0 Å². The van der Waals surface area contributed by atoms with Gasteiger partial charge in [-0.25, -0.2) is 25.3 Å². The third kappa shape index (κ3) is 45.1. The van der Waals surface area contributed by atoms with E-state index in [0.717, 1.165) is 0 Å². The molecule has 0 aromatic heterocycles. The van der Waals surface area contributed by atoms with E-state index in [1.54, 1.807) is 35.8 Å². The van der Waals surface area contributed by atoms with E-state index in [4.69, 9.17) is 0 Å². The van der Waals surface area contributed by atoms with Crippen molar-refractivity contribution in [2.45, 2.75) is 0 Å². The minimum Gasteiger partial charge on any atom is -0.748 e. The summed E-state index contributed by atoms with van der Waals surface area (Å²) >= 11 is 0. The second-order valence-corrected chi connectivity index (χ2v) is 21.4. The molecule has 0 aromatic rings. The predicted octanol–water partition coefficient (Wildman–Crippen LogP) is -14.0. The minimum absolute atomic E-state index is 0. The molecule has 0 aliphatic carbocycles. The monoisotopic (exact) mass is 938 g/mol. The summed E-state index contributed by atoms with van der Waals surface area (Å²) in [7, 11) is -9.76. The Labute approximate surface area is 404 Å². The third-order valence-corrected chi connectivity index (χ3v) is 14.3. The molecule has 0 saturated carbocycles. The van der Waals surface area contributed by atoms with Gasteiger partial charge in [0.25, 0.3) is 0 Å². The molecule has 0 atom stereocenters. The van der Waals surface area contributed by atoms with Crippen molar-refractivity contribution in [3.05, 3.63) is 0 Å². The van der Waals surface area contributed by atoms with Gasteiger partial charge in [-0.2, -0.15) is 0 Å². The molecular weight excluding hydrogens is 875 g/mol. The summed E-state index contributed by atoms with van der Waals surface area (Å²) in [6.07, 6.45) is 3.26. The van der Waals surface area contributed by atoms with E-state index in [-0.39, 0.29) is 148 Å². The molecule has 0 saturated heterocycles. The SMILES string of the molecule is CN(CCS(=O)(=O)[O-])CP(CN(C)CCS(=O)(=O)[O-])CN(C)CCS(=O)(=O)[O-].OCCN(CCO)CP(CN(CCO)CCO)CN(CCO)CCO.[Na+].[Na+].[Na+]. The standard InChI is InChI=1S/C15H36N3O6P.C12H30N3O9PS3.3Na/c19-7-1-16(2-8-20)13-25(14-17(3-9-21)4-10-22)15-18(5-11-23)6-12-24;1-13(4-7-26(16,17)18)10-25(11-14(2)5-8-27(19,20)21)12-15(3)6-9-28(22,23)24;;;/h19-24H,1-15H2;4-12H2,1-3H3,(H,16,17,18)(H,19,20,21)(H,22,23,24);;;/q;;3*+1/p-3. The molecule has 6 N–H and O–H groups in total. The van der Waals surface area contributed by atoms with Gasteiger partial charge < -0.3 is 59.0 Å². The van der Waals surface area contributed by atoms with Crippen molar-refractivity contribution in [3.8, 4) is 0 Å². The number of hydrogen-bond acceptors (Lipinski definition) is 21. The van der Waals surface area contributed by atoms with Crippen LogP contribution in [0.15, 0.2) is 0 Å². The summed E-state index contributed by atoms with van der Waals surface area (Å²) in [6.45, 7) is 2.94. The van der Waals surface area contributed by atoms with E-state index < -0.39 is 63.5 Å². The largest absolute Gasteiger partial charge is 1.00 e. The van der Waals surface area contributed by atoms with Crippen LogP contribution in [0.5, 0.6) is 0 Å². The van der Waals surface area contributed by atoms with Gasteiger partial charge in [0.05, 0.1) is 87.3 Å². The second-order valence-electron chi connectivity index (χ2n) is 12.4. The summed E-state index contributed by atoms with van der Waals surface area (Å²) in [5.74, 6) is -1.66. The molecule has 0 spiro atoms. The van der Waals surface area contributed by atoms with Crippen LogP contribution in [0.25, 0.3) is 0 Å². The van der Waals surface area contributed by atoms with Crippen molar-refractivity contribution in [2.24, 2.45) is 0 Å². The van der Waals surface area contributed by atoms with Gasteiger partial charge in [-0.05, 0) is 21.1 Å². The molecule has 0 aromatic carbocycles. The molecule has 0 unspecified atom stereocenters. The Morgan fingerprint density at radius 1 is 0.375 bits per heavy atom. The van der Waals surface area contributed by atoms with Crippen LogP contribution >= 0.6 is 15.8 Å². The van der Waals surface area contributed by atoms with Crippen LogP contribution < -0.4 is 88.7 Å². The Morgan fingerprint density at radius 2 is 0.554 bits per heavy atom. The number of aliphatic hydroxyl groups excluding tert-OH is 6. The Balaban J connectivity index is -0.000000296. The first-order valence-corrected chi connectivity index (χ1v) is 25.3. The molecule has 56 heavy (non-hydrogen) atoms. The Kier molecular flexibility index (Phi) is 48.3. The van der Waals surface area contributed by atoms with E-state index in [9.17, 15) is 69.6 Å². The molecular formula is C27H63N6Na3O15P2S3. The fraction of sp³-hybridized carbons (Fsp3) is 1.00. The van der Waals surface area contributed by atoms with Crippen molar-refractivity contribution in [1.29, 1.82) is 0 Å². The normalized spacial score (nSPS) is 12.4. The number of hydrogen-bond donors (Lipinski definition) is 6. The molecule has 0 aliphatic rings. The van der Waals surface area contributed by atoms with Gasteiger partial charge in [0.1, 0.15) is 0 Å². The van der Waals surface area contributed by atoms with Crippen molar-refractivity contribution in [3.63, 3.8) is 0 Å². The molecule has 0 bridgehead atoms.